The molecule has 0 aromatic carbocycles. The number of amides is 1. The van der Waals surface area contributed by atoms with E-state index in [-0.39, 0.29) is 5.91 Å². The Balaban J connectivity index is 3.01. The summed E-state index contributed by atoms with van der Waals surface area (Å²) in [5.41, 5.74) is 6.16. The molecule has 0 aliphatic carbocycles. The summed E-state index contributed by atoms with van der Waals surface area (Å²) in [7, 11) is 0. The van der Waals surface area contributed by atoms with Crippen molar-refractivity contribution in [3.63, 3.8) is 0 Å². The first-order valence-corrected chi connectivity index (χ1v) is 3.99. The van der Waals surface area contributed by atoms with Crippen LogP contribution in [0.1, 0.15) is 22.2 Å². The Morgan fingerprint density at radius 3 is 2.90 bits per heavy atom. The fourth-order valence-corrected chi connectivity index (χ4v) is 1.68. The summed E-state index contributed by atoms with van der Waals surface area (Å²) in [5, 5.41) is 1.89. The Labute approximate surface area is 63.7 Å². The molecule has 0 radical (unpaired) electrons. The molecule has 0 spiro atoms. The van der Waals surface area contributed by atoms with Crippen molar-refractivity contribution in [1.29, 1.82) is 0 Å². The van der Waals surface area contributed by atoms with Crippen LogP contribution in [-0.2, 0) is 6.42 Å². The minimum absolute atomic E-state index is 0.313. The van der Waals surface area contributed by atoms with Gasteiger partial charge in [0.05, 0.1) is 4.88 Å². The lowest BCUT2D eigenvalue weighted by atomic mass is 10.2. The number of thiophene rings is 1. The molecule has 1 aromatic heterocycles. The predicted molar refractivity (Wildman–Crippen MR) is 42.2 cm³/mol. The van der Waals surface area contributed by atoms with E-state index in [4.69, 9.17) is 5.73 Å². The first kappa shape index (κ1) is 7.28. The maximum atomic E-state index is 10.7. The minimum atomic E-state index is -0.313. The van der Waals surface area contributed by atoms with Gasteiger partial charge >= 0.3 is 0 Å². The number of hydrogen-bond acceptors (Lipinski definition) is 2. The SMILES string of the molecule is CCc1ccsc1C(N)=O. The van der Waals surface area contributed by atoms with Gasteiger partial charge in [-0.3, -0.25) is 4.79 Å². The van der Waals surface area contributed by atoms with Crippen molar-refractivity contribution < 1.29 is 4.79 Å². The molecule has 0 unspecified atom stereocenters. The van der Waals surface area contributed by atoms with E-state index in [2.05, 4.69) is 0 Å². The number of carbonyl (C=O) groups is 1. The molecule has 0 atom stereocenters. The lowest BCUT2D eigenvalue weighted by molar-refractivity contribution is 0.100. The van der Waals surface area contributed by atoms with E-state index in [1.54, 1.807) is 0 Å². The molecule has 2 N–H and O–H groups in total. The molecule has 0 saturated heterocycles. The van der Waals surface area contributed by atoms with Gasteiger partial charge in [0.25, 0.3) is 5.91 Å². The zero-order chi connectivity index (χ0) is 7.56. The van der Waals surface area contributed by atoms with Gasteiger partial charge in [-0.2, -0.15) is 0 Å². The molecule has 1 aromatic rings. The smallest absolute Gasteiger partial charge is 0.259 e. The predicted octanol–water partition coefficient (Wildman–Crippen LogP) is 1.41. The normalized spacial score (nSPS) is 9.70. The van der Waals surface area contributed by atoms with Crippen molar-refractivity contribution in [3.8, 4) is 0 Å². The van der Waals surface area contributed by atoms with Crippen molar-refractivity contribution in [2.75, 3.05) is 0 Å². The molecule has 0 saturated carbocycles. The lowest BCUT2D eigenvalue weighted by Crippen LogP contribution is -2.10. The average molecular weight is 155 g/mol. The van der Waals surface area contributed by atoms with Gasteiger partial charge in [-0.15, -0.1) is 11.3 Å². The summed E-state index contributed by atoms with van der Waals surface area (Å²) in [6.07, 6.45) is 0.877. The molecule has 10 heavy (non-hydrogen) atoms. The van der Waals surface area contributed by atoms with Gasteiger partial charge in [-0.1, -0.05) is 6.92 Å². The van der Waals surface area contributed by atoms with E-state index in [1.807, 2.05) is 18.4 Å². The first-order chi connectivity index (χ1) is 4.75. The maximum absolute atomic E-state index is 10.7. The third-order valence-electron chi connectivity index (χ3n) is 1.35. The third kappa shape index (κ3) is 1.19. The fourth-order valence-electron chi connectivity index (χ4n) is 0.830. The highest BCUT2D eigenvalue weighted by atomic mass is 32.1. The van der Waals surface area contributed by atoms with Crippen LogP contribution in [0, 0.1) is 0 Å². The fraction of sp³-hybridized carbons (Fsp3) is 0.286. The highest BCUT2D eigenvalue weighted by molar-refractivity contribution is 7.12. The van der Waals surface area contributed by atoms with Crippen LogP contribution in [0.4, 0.5) is 0 Å². The second kappa shape index (κ2) is 2.84. The first-order valence-electron chi connectivity index (χ1n) is 3.12. The zero-order valence-corrected chi connectivity index (χ0v) is 6.57. The summed E-state index contributed by atoms with van der Waals surface area (Å²) in [6.45, 7) is 2.01. The summed E-state index contributed by atoms with van der Waals surface area (Å²) in [5.74, 6) is -0.313. The Hall–Kier alpha value is -0.830. The van der Waals surface area contributed by atoms with Crippen LogP contribution in [0.25, 0.3) is 0 Å². The van der Waals surface area contributed by atoms with Gasteiger partial charge in [-0.05, 0) is 23.4 Å². The van der Waals surface area contributed by atoms with Crippen molar-refractivity contribution in [3.05, 3.63) is 21.9 Å². The number of rotatable bonds is 2. The molecule has 0 aliphatic heterocycles. The number of hydrogen-bond donors (Lipinski definition) is 1. The molecular weight excluding hydrogens is 146 g/mol. The van der Waals surface area contributed by atoms with E-state index in [9.17, 15) is 4.79 Å². The van der Waals surface area contributed by atoms with E-state index >= 15 is 0 Å². The second-order valence-corrected chi connectivity index (χ2v) is 2.91. The Morgan fingerprint density at radius 2 is 2.50 bits per heavy atom. The maximum Gasteiger partial charge on any atom is 0.259 e. The number of primary amides is 1. The molecule has 0 bridgehead atoms. The second-order valence-electron chi connectivity index (χ2n) is 1.99. The van der Waals surface area contributed by atoms with Gasteiger partial charge in [0.2, 0.25) is 0 Å². The lowest BCUT2D eigenvalue weighted by Gasteiger charge is -1.92. The van der Waals surface area contributed by atoms with Gasteiger partial charge < -0.3 is 5.73 Å². The van der Waals surface area contributed by atoms with E-state index in [0.717, 1.165) is 12.0 Å². The van der Waals surface area contributed by atoms with Crippen LogP contribution < -0.4 is 5.73 Å². The number of carbonyl (C=O) groups excluding carboxylic acids is 1. The van der Waals surface area contributed by atoms with Gasteiger partial charge in [-0.25, -0.2) is 0 Å². The molecule has 0 aliphatic rings. The quantitative estimate of drug-likeness (QED) is 0.689. The highest BCUT2D eigenvalue weighted by Crippen LogP contribution is 2.15. The van der Waals surface area contributed by atoms with Crippen molar-refractivity contribution >= 4 is 17.2 Å². The average Bonchev–Trinajstić information content (AvgIpc) is 2.33. The largest absolute Gasteiger partial charge is 0.365 e. The third-order valence-corrected chi connectivity index (χ3v) is 2.32. The zero-order valence-electron chi connectivity index (χ0n) is 5.76. The highest BCUT2D eigenvalue weighted by Gasteiger charge is 2.06. The molecule has 2 nitrogen and oxygen atoms in total. The van der Waals surface area contributed by atoms with Crippen molar-refractivity contribution in [2.45, 2.75) is 13.3 Å². The van der Waals surface area contributed by atoms with Crippen LogP contribution in [0.5, 0.6) is 0 Å². The van der Waals surface area contributed by atoms with E-state index in [0.29, 0.717) is 4.88 Å². The Morgan fingerprint density at radius 1 is 1.80 bits per heavy atom. The molecular formula is C7H9NOS. The van der Waals surface area contributed by atoms with Gasteiger partial charge in [0, 0.05) is 0 Å². The summed E-state index contributed by atoms with van der Waals surface area (Å²) in [4.78, 5) is 11.4. The van der Waals surface area contributed by atoms with Crippen LogP contribution in [0.2, 0.25) is 0 Å². The van der Waals surface area contributed by atoms with Gasteiger partial charge in [0.1, 0.15) is 0 Å². The molecule has 1 rings (SSSR count). The summed E-state index contributed by atoms with van der Waals surface area (Å²) < 4.78 is 0. The topological polar surface area (TPSA) is 43.1 Å². The molecule has 1 amide bonds. The number of nitrogens with two attached hydrogens (primary N) is 1. The summed E-state index contributed by atoms with van der Waals surface area (Å²) >= 11 is 1.41. The molecule has 0 fully saturated rings. The Bertz CT molecular complexity index is 242. The molecule has 1 heterocycles. The molecule has 3 heteroatoms. The molecule has 54 valence electrons. The van der Waals surface area contributed by atoms with Crippen LogP contribution in [-0.4, -0.2) is 5.91 Å². The minimum Gasteiger partial charge on any atom is -0.365 e. The number of aryl methyl sites for hydroxylation is 1. The van der Waals surface area contributed by atoms with Crippen molar-refractivity contribution in [2.24, 2.45) is 5.73 Å². The van der Waals surface area contributed by atoms with Crippen molar-refractivity contribution in [1.82, 2.24) is 0 Å². The van der Waals surface area contributed by atoms with E-state index < -0.39 is 0 Å². The monoisotopic (exact) mass is 155 g/mol. The summed E-state index contributed by atoms with van der Waals surface area (Å²) in [6, 6.07) is 1.94. The Kier molecular flexibility index (Phi) is 2.06. The van der Waals surface area contributed by atoms with Crippen LogP contribution in [0.3, 0.4) is 0 Å². The van der Waals surface area contributed by atoms with Crippen LogP contribution >= 0.6 is 11.3 Å². The van der Waals surface area contributed by atoms with E-state index in [1.165, 1.54) is 11.3 Å². The standard InChI is InChI=1S/C7H9NOS/c1-2-5-3-4-10-6(5)7(8)9/h3-4H,2H2,1H3,(H2,8,9). The van der Waals surface area contributed by atoms with Gasteiger partial charge in [0.15, 0.2) is 0 Å². The van der Waals surface area contributed by atoms with Crippen LogP contribution in [0.15, 0.2) is 11.4 Å².